The Balaban J connectivity index is 1.86. The summed E-state index contributed by atoms with van der Waals surface area (Å²) in [7, 11) is 0. The monoisotopic (exact) mass is 278 g/mol. The zero-order chi connectivity index (χ0) is 13.9. The van der Waals surface area contributed by atoms with E-state index < -0.39 is 0 Å². The first-order chi connectivity index (χ1) is 9.81. The van der Waals surface area contributed by atoms with E-state index in [4.69, 9.17) is 4.74 Å². The van der Waals surface area contributed by atoms with Crippen molar-refractivity contribution in [3.05, 3.63) is 18.2 Å². The molecule has 0 radical (unpaired) electrons. The van der Waals surface area contributed by atoms with Gasteiger partial charge in [0.25, 0.3) is 0 Å². The highest BCUT2D eigenvalue weighted by molar-refractivity contribution is 5.77. The van der Waals surface area contributed by atoms with E-state index >= 15 is 0 Å². The summed E-state index contributed by atoms with van der Waals surface area (Å²) in [4.78, 5) is 18.9. The number of nitrogens with zero attached hydrogens (tertiary/aromatic N) is 3. The van der Waals surface area contributed by atoms with Gasteiger partial charge in [0, 0.05) is 32.2 Å². The molecule has 0 spiro atoms. The topological polar surface area (TPSA) is 59.4 Å². The van der Waals surface area contributed by atoms with Crippen molar-refractivity contribution in [1.29, 1.82) is 0 Å². The predicted molar refractivity (Wildman–Crippen MR) is 74.3 cm³/mol. The number of hydrogen-bond acceptors (Lipinski definition) is 5. The van der Waals surface area contributed by atoms with E-state index in [0.717, 1.165) is 31.9 Å². The van der Waals surface area contributed by atoms with Gasteiger partial charge in [-0.2, -0.15) is 0 Å². The van der Waals surface area contributed by atoms with Gasteiger partial charge in [-0.3, -0.25) is 4.90 Å². The number of carbonyl (C=O) groups excluding carboxylic acids is 1. The highest BCUT2D eigenvalue weighted by Gasteiger charge is 2.35. The van der Waals surface area contributed by atoms with Gasteiger partial charge < -0.3 is 14.6 Å². The molecule has 1 aliphatic heterocycles. The molecule has 0 aromatic carbocycles. The molecular weight excluding hydrogens is 256 g/mol. The van der Waals surface area contributed by atoms with Crippen molar-refractivity contribution < 1.29 is 9.53 Å². The number of aromatic nitrogens is 2. The van der Waals surface area contributed by atoms with Gasteiger partial charge in [0.05, 0.1) is 24.8 Å². The second-order valence-corrected chi connectivity index (χ2v) is 5.40. The lowest BCUT2D eigenvalue weighted by Crippen LogP contribution is -2.48. The number of imidazole rings is 1. The fourth-order valence-corrected chi connectivity index (χ4v) is 2.80. The van der Waals surface area contributed by atoms with Crippen molar-refractivity contribution >= 4 is 5.97 Å². The summed E-state index contributed by atoms with van der Waals surface area (Å²) >= 11 is 0. The number of hydrogen-bond donors (Lipinski definition) is 1. The molecule has 20 heavy (non-hydrogen) atoms. The van der Waals surface area contributed by atoms with E-state index in [-0.39, 0.29) is 12.0 Å². The minimum absolute atomic E-state index is 0.156. The molecule has 2 aliphatic rings. The molecule has 6 heteroatoms. The average Bonchev–Trinajstić information content (AvgIpc) is 3.20. The SMILES string of the molecule is CCOC(=O)C(c1cncn1C1CC1)N1CCNCC1. The average molecular weight is 278 g/mol. The molecule has 1 saturated heterocycles. The smallest absolute Gasteiger partial charge is 0.329 e. The van der Waals surface area contributed by atoms with Crippen LogP contribution >= 0.6 is 0 Å². The zero-order valence-corrected chi connectivity index (χ0v) is 11.9. The Hall–Kier alpha value is -1.40. The Bertz CT molecular complexity index is 463. The van der Waals surface area contributed by atoms with Crippen molar-refractivity contribution in [2.75, 3.05) is 32.8 Å². The summed E-state index contributed by atoms with van der Waals surface area (Å²) in [5.74, 6) is -0.156. The van der Waals surface area contributed by atoms with Crippen LogP contribution in [0.5, 0.6) is 0 Å². The molecule has 110 valence electrons. The fourth-order valence-electron chi connectivity index (χ4n) is 2.80. The first-order valence-electron chi connectivity index (χ1n) is 7.44. The standard InChI is InChI=1S/C14H22N4O2/c1-2-20-14(19)13(17-7-5-15-6-8-17)12-9-16-10-18(12)11-3-4-11/h9-11,13,15H,2-8H2,1H3. The van der Waals surface area contributed by atoms with E-state index in [9.17, 15) is 4.79 Å². The lowest BCUT2D eigenvalue weighted by Gasteiger charge is -2.33. The van der Waals surface area contributed by atoms with E-state index in [2.05, 4.69) is 19.8 Å². The number of rotatable bonds is 5. The van der Waals surface area contributed by atoms with Crippen LogP contribution in [-0.4, -0.2) is 53.2 Å². The molecular formula is C14H22N4O2. The fraction of sp³-hybridized carbons (Fsp3) is 0.714. The first-order valence-corrected chi connectivity index (χ1v) is 7.44. The van der Waals surface area contributed by atoms with Crippen LogP contribution in [-0.2, 0) is 9.53 Å². The van der Waals surface area contributed by atoms with Crippen LogP contribution in [0.2, 0.25) is 0 Å². The minimum atomic E-state index is -0.319. The third-order valence-electron chi connectivity index (χ3n) is 3.94. The third-order valence-corrected chi connectivity index (χ3v) is 3.94. The van der Waals surface area contributed by atoms with E-state index in [1.165, 1.54) is 12.8 Å². The molecule has 0 amide bonds. The number of ether oxygens (including phenoxy) is 1. The van der Waals surface area contributed by atoms with Crippen LogP contribution in [0.3, 0.4) is 0 Å². The van der Waals surface area contributed by atoms with Crippen LogP contribution < -0.4 is 5.32 Å². The summed E-state index contributed by atoms with van der Waals surface area (Å²) in [5, 5.41) is 3.32. The summed E-state index contributed by atoms with van der Waals surface area (Å²) in [5.41, 5.74) is 0.979. The molecule has 1 aromatic rings. The normalized spacial score (nSPS) is 21.6. The highest BCUT2D eigenvalue weighted by atomic mass is 16.5. The van der Waals surface area contributed by atoms with Gasteiger partial charge in [-0.05, 0) is 19.8 Å². The van der Waals surface area contributed by atoms with Crippen molar-refractivity contribution in [1.82, 2.24) is 19.8 Å². The third kappa shape index (κ3) is 2.71. The Morgan fingerprint density at radius 2 is 2.25 bits per heavy atom. The van der Waals surface area contributed by atoms with E-state index in [1.807, 2.05) is 19.4 Å². The Morgan fingerprint density at radius 3 is 2.90 bits per heavy atom. The molecule has 6 nitrogen and oxygen atoms in total. The number of nitrogens with one attached hydrogen (secondary N) is 1. The van der Waals surface area contributed by atoms with Crippen molar-refractivity contribution in [2.45, 2.75) is 31.8 Å². The molecule has 1 atom stereocenters. The van der Waals surface area contributed by atoms with Gasteiger partial charge in [0.1, 0.15) is 0 Å². The van der Waals surface area contributed by atoms with Crippen molar-refractivity contribution in [2.24, 2.45) is 0 Å². The lowest BCUT2D eigenvalue weighted by molar-refractivity contribution is -0.150. The van der Waals surface area contributed by atoms with E-state index in [0.29, 0.717) is 12.6 Å². The van der Waals surface area contributed by atoms with Crippen LogP contribution in [0.25, 0.3) is 0 Å². The van der Waals surface area contributed by atoms with Gasteiger partial charge in [-0.25, -0.2) is 9.78 Å². The molecule has 0 bridgehead atoms. The maximum Gasteiger partial charge on any atom is 0.329 e. The van der Waals surface area contributed by atoms with Gasteiger partial charge in [0.2, 0.25) is 0 Å². The van der Waals surface area contributed by atoms with Gasteiger partial charge in [0.15, 0.2) is 6.04 Å². The van der Waals surface area contributed by atoms with Crippen molar-refractivity contribution in [3.8, 4) is 0 Å². The molecule has 3 rings (SSSR count). The zero-order valence-electron chi connectivity index (χ0n) is 11.9. The quantitative estimate of drug-likeness (QED) is 0.805. The highest BCUT2D eigenvalue weighted by Crippen LogP contribution is 2.38. The van der Waals surface area contributed by atoms with Crippen LogP contribution in [0, 0.1) is 0 Å². The predicted octanol–water partition coefficient (Wildman–Crippen LogP) is 0.727. The molecule has 2 heterocycles. The number of piperazine rings is 1. The summed E-state index contributed by atoms with van der Waals surface area (Å²) in [6.07, 6.45) is 6.03. The second-order valence-electron chi connectivity index (χ2n) is 5.40. The lowest BCUT2D eigenvalue weighted by atomic mass is 10.1. The Kier molecular flexibility index (Phi) is 4.03. The molecule has 1 saturated carbocycles. The first kappa shape index (κ1) is 13.6. The maximum atomic E-state index is 12.4. The molecule has 2 fully saturated rings. The van der Waals surface area contributed by atoms with Gasteiger partial charge in [-0.15, -0.1) is 0 Å². The molecule has 1 aromatic heterocycles. The molecule has 1 unspecified atom stereocenters. The minimum Gasteiger partial charge on any atom is -0.465 e. The van der Waals surface area contributed by atoms with Crippen LogP contribution in [0.1, 0.15) is 37.5 Å². The maximum absolute atomic E-state index is 12.4. The van der Waals surface area contributed by atoms with E-state index in [1.54, 1.807) is 0 Å². The summed E-state index contributed by atoms with van der Waals surface area (Å²) in [6, 6.07) is 0.201. The molecule has 1 N–H and O–H groups in total. The van der Waals surface area contributed by atoms with Crippen LogP contribution in [0.4, 0.5) is 0 Å². The Labute approximate surface area is 119 Å². The largest absolute Gasteiger partial charge is 0.465 e. The summed E-state index contributed by atoms with van der Waals surface area (Å²) < 4.78 is 7.45. The molecule has 1 aliphatic carbocycles. The van der Waals surface area contributed by atoms with Gasteiger partial charge in [-0.1, -0.05) is 0 Å². The van der Waals surface area contributed by atoms with Crippen LogP contribution in [0.15, 0.2) is 12.5 Å². The Morgan fingerprint density at radius 1 is 1.50 bits per heavy atom. The summed E-state index contributed by atoms with van der Waals surface area (Å²) in [6.45, 7) is 5.81. The number of esters is 1. The second kappa shape index (κ2) is 5.93. The van der Waals surface area contributed by atoms with Crippen molar-refractivity contribution in [3.63, 3.8) is 0 Å². The number of carbonyl (C=O) groups is 1. The van der Waals surface area contributed by atoms with Gasteiger partial charge >= 0.3 is 5.97 Å².